The van der Waals surface area contributed by atoms with E-state index < -0.39 is 0 Å². The van der Waals surface area contributed by atoms with Crippen molar-refractivity contribution in [3.63, 3.8) is 0 Å². The first-order chi connectivity index (χ1) is 8.52. The molecule has 0 spiro atoms. The molecule has 0 aliphatic carbocycles. The van der Waals surface area contributed by atoms with Crippen LogP contribution in [0.1, 0.15) is 36.2 Å². The summed E-state index contributed by atoms with van der Waals surface area (Å²) in [5, 5.41) is 2.77. The Morgan fingerprint density at radius 2 is 2.22 bits per heavy atom. The van der Waals surface area contributed by atoms with Crippen molar-refractivity contribution in [2.24, 2.45) is 0 Å². The second-order valence-electron chi connectivity index (χ2n) is 4.77. The van der Waals surface area contributed by atoms with E-state index >= 15 is 0 Å². The van der Waals surface area contributed by atoms with E-state index in [9.17, 15) is 9.59 Å². The molecule has 4 nitrogen and oxygen atoms in total. The number of nitrogens with one attached hydrogen (secondary N) is 1. The topological polar surface area (TPSA) is 49.4 Å². The zero-order valence-electron chi connectivity index (χ0n) is 11.0. The Morgan fingerprint density at radius 3 is 2.89 bits per heavy atom. The molecule has 1 heterocycles. The van der Waals surface area contributed by atoms with Gasteiger partial charge in [0.15, 0.2) is 0 Å². The quantitative estimate of drug-likeness (QED) is 0.887. The molecule has 1 aromatic carbocycles. The molecule has 96 valence electrons. The van der Waals surface area contributed by atoms with Crippen molar-refractivity contribution in [3.05, 3.63) is 29.3 Å². The molecule has 1 atom stereocenters. The van der Waals surface area contributed by atoms with Crippen LogP contribution in [-0.4, -0.2) is 29.8 Å². The maximum Gasteiger partial charge on any atom is 0.253 e. The average Bonchev–Trinajstić information content (AvgIpc) is 2.74. The van der Waals surface area contributed by atoms with Gasteiger partial charge in [0.05, 0.1) is 6.42 Å². The summed E-state index contributed by atoms with van der Waals surface area (Å²) in [6.07, 6.45) is 1.33. The van der Waals surface area contributed by atoms with Crippen LogP contribution in [0.4, 0.5) is 5.69 Å². The van der Waals surface area contributed by atoms with Crippen LogP contribution in [0.3, 0.4) is 0 Å². The van der Waals surface area contributed by atoms with Gasteiger partial charge in [-0.2, -0.15) is 0 Å². The molecule has 1 unspecified atom stereocenters. The van der Waals surface area contributed by atoms with Crippen molar-refractivity contribution >= 4 is 17.5 Å². The maximum absolute atomic E-state index is 12.2. The van der Waals surface area contributed by atoms with E-state index in [1.807, 2.05) is 20.0 Å². The van der Waals surface area contributed by atoms with E-state index in [1.54, 1.807) is 17.0 Å². The lowest BCUT2D eigenvalue weighted by molar-refractivity contribution is -0.115. The summed E-state index contributed by atoms with van der Waals surface area (Å²) in [4.78, 5) is 25.2. The fraction of sp³-hybridized carbons (Fsp3) is 0.429. The van der Waals surface area contributed by atoms with E-state index in [0.717, 1.165) is 17.7 Å². The Morgan fingerprint density at radius 1 is 1.50 bits per heavy atom. The van der Waals surface area contributed by atoms with Crippen molar-refractivity contribution in [3.8, 4) is 0 Å². The average molecular weight is 246 g/mol. The van der Waals surface area contributed by atoms with Gasteiger partial charge in [0, 0.05) is 24.3 Å². The number of nitrogens with zero attached hydrogens (tertiary/aromatic N) is 1. The maximum atomic E-state index is 12.2. The monoisotopic (exact) mass is 246 g/mol. The molecule has 18 heavy (non-hydrogen) atoms. The predicted molar refractivity (Wildman–Crippen MR) is 70.6 cm³/mol. The molecule has 4 heteroatoms. The highest BCUT2D eigenvalue weighted by Gasteiger charge is 2.21. The van der Waals surface area contributed by atoms with Gasteiger partial charge < -0.3 is 10.2 Å². The summed E-state index contributed by atoms with van der Waals surface area (Å²) < 4.78 is 0. The van der Waals surface area contributed by atoms with Gasteiger partial charge >= 0.3 is 0 Å². The first-order valence-electron chi connectivity index (χ1n) is 6.23. The highest BCUT2D eigenvalue weighted by Crippen LogP contribution is 2.24. The number of hydrogen-bond acceptors (Lipinski definition) is 2. The SMILES string of the molecule is CCC(C)N(C)C(=O)c1ccc2c(c1)NC(=O)C2. The summed E-state index contributed by atoms with van der Waals surface area (Å²) in [5.41, 5.74) is 2.35. The van der Waals surface area contributed by atoms with Crippen LogP contribution in [-0.2, 0) is 11.2 Å². The number of rotatable bonds is 3. The molecular formula is C14H18N2O2. The molecular weight excluding hydrogens is 228 g/mol. The second-order valence-corrected chi connectivity index (χ2v) is 4.77. The minimum Gasteiger partial charge on any atom is -0.339 e. The third-order valence-electron chi connectivity index (χ3n) is 3.55. The van der Waals surface area contributed by atoms with Crippen LogP contribution in [0, 0.1) is 0 Å². The number of carbonyl (C=O) groups excluding carboxylic acids is 2. The minimum atomic E-state index is -0.00937. The smallest absolute Gasteiger partial charge is 0.253 e. The van der Waals surface area contributed by atoms with E-state index in [-0.39, 0.29) is 17.9 Å². The van der Waals surface area contributed by atoms with Crippen molar-refractivity contribution in [2.45, 2.75) is 32.7 Å². The van der Waals surface area contributed by atoms with Crippen LogP contribution in [0.15, 0.2) is 18.2 Å². The largest absolute Gasteiger partial charge is 0.339 e. The van der Waals surface area contributed by atoms with Gasteiger partial charge in [-0.15, -0.1) is 0 Å². The second kappa shape index (κ2) is 4.80. The summed E-state index contributed by atoms with van der Waals surface area (Å²) in [7, 11) is 1.81. The van der Waals surface area contributed by atoms with Gasteiger partial charge in [0.2, 0.25) is 5.91 Å². The Balaban J connectivity index is 2.23. The number of carbonyl (C=O) groups is 2. The van der Waals surface area contributed by atoms with E-state index in [1.165, 1.54) is 0 Å². The number of anilines is 1. The van der Waals surface area contributed by atoms with Crippen LogP contribution in [0.25, 0.3) is 0 Å². The molecule has 0 saturated carbocycles. The molecule has 1 aliphatic rings. The molecule has 2 rings (SSSR count). The van der Waals surface area contributed by atoms with Crippen molar-refractivity contribution in [1.29, 1.82) is 0 Å². The molecule has 1 aromatic rings. The van der Waals surface area contributed by atoms with Gasteiger partial charge in [-0.25, -0.2) is 0 Å². The van der Waals surface area contributed by atoms with Crippen molar-refractivity contribution in [2.75, 3.05) is 12.4 Å². The molecule has 0 aromatic heterocycles. The summed E-state index contributed by atoms with van der Waals surface area (Å²) in [5.74, 6) is -0.0156. The lowest BCUT2D eigenvalue weighted by Gasteiger charge is -2.24. The predicted octanol–water partition coefficient (Wildman–Crippen LogP) is 2.05. The number of hydrogen-bond donors (Lipinski definition) is 1. The lowest BCUT2D eigenvalue weighted by Crippen LogP contribution is -2.34. The van der Waals surface area contributed by atoms with Crippen LogP contribution in [0.5, 0.6) is 0 Å². The summed E-state index contributed by atoms with van der Waals surface area (Å²) in [6.45, 7) is 4.07. The zero-order chi connectivity index (χ0) is 13.3. The van der Waals surface area contributed by atoms with Gasteiger partial charge in [0.25, 0.3) is 5.91 Å². The Bertz CT molecular complexity index is 497. The zero-order valence-corrected chi connectivity index (χ0v) is 11.0. The molecule has 0 bridgehead atoms. The van der Waals surface area contributed by atoms with Crippen LogP contribution >= 0.6 is 0 Å². The van der Waals surface area contributed by atoms with E-state index in [4.69, 9.17) is 0 Å². The third kappa shape index (κ3) is 2.23. The van der Waals surface area contributed by atoms with Crippen molar-refractivity contribution < 1.29 is 9.59 Å². The lowest BCUT2D eigenvalue weighted by atomic mass is 10.1. The van der Waals surface area contributed by atoms with Crippen LogP contribution < -0.4 is 5.32 Å². The van der Waals surface area contributed by atoms with Crippen LogP contribution in [0.2, 0.25) is 0 Å². The highest BCUT2D eigenvalue weighted by molar-refractivity contribution is 6.02. The Hall–Kier alpha value is -1.84. The van der Waals surface area contributed by atoms with E-state index in [0.29, 0.717) is 12.0 Å². The first kappa shape index (κ1) is 12.6. The fourth-order valence-electron chi connectivity index (χ4n) is 2.03. The highest BCUT2D eigenvalue weighted by atomic mass is 16.2. The molecule has 1 N–H and O–H groups in total. The summed E-state index contributed by atoms with van der Waals surface area (Å²) in [6, 6.07) is 5.62. The third-order valence-corrected chi connectivity index (χ3v) is 3.55. The standard InChI is InChI=1S/C14H18N2O2/c1-4-9(2)16(3)14(18)11-6-5-10-8-13(17)15-12(10)7-11/h5-7,9H,4,8H2,1-3H3,(H,15,17). The number of amides is 2. The van der Waals surface area contributed by atoms with Crippen molar-refractivity contribution in [1.82, 2.24) is 4.90 Å². The number of benzene rings is 1. The summed E-state index contributed by atoms with van der Waals surface area (Å²) >= 11 is 0. The first-order valence-corrected chi connectivity index (χ1v) is 6.23. The Kier molecular flexibility index (Phi) is 3.36. The Labute approximate surface area is 107 Å². The van der Waals surface area contributed by atoms with Gasteiger partial charge in [-0.05, 0) is 31.0 Å². The van der Waals surface area contributed by atoms with Gasteiger partial charge in [0.1, 0.15) is 0 Å². The molecule has 0 fully saturated rings. The minimum absolute atomic E-state index is 0.00620. The molecule has 1 aliphatic heterocycles. The fourth-order valence-corrected chi connectivity index (χ4v) is 2.03. The molecule has 0 radical (unpaired) electrons. The normalized spacial score (nSPS) is 14.9. The molecule has 2 amide bonds. The molecule has 0 saturated heterocycles. The number of fused-ring (bicyclic) bond motifs is 1. The van der Waals surface area contributed by atoms with E-state index in [2.05, 4.69) is 12.2 Å². The van der Waals surface area contributed by atoms with Gasteiger partial charge in [-0.3, -0.25) is 9.59 Å². The van der Waals surface area contributed by atoms with Gasteiger partial charge in [-0.1, -0.05) is 13.0 Å².